The van der Waals surface area contributed by atoms with Gasteiger partial charge in [-0.1, -0.05) is 15.9 Å². The Labute approximate surface area is 105 Å². The van der Waals surface area contributed by atoms with Gasteiger partial charge in [-0.25, -0.2) is 0 Å². The van der Waals surface area contributed by atoms with E-state index in [1.165, 1.54) is 25.7 Å². The molecule has 2 saturated carbocycles. The summed E-state index contributed by atoms with van der Waals surface area (Å²) in [7, 11) is 0. The predicted molar refractivity (Wildman–Crippen MR) is 71.4 cm³/mol. The van der Waals surface area contributed by atoms with E-state index >= 15 is 0 Å². The van der Waals surface area contributed by atoms with Crippen LogP contribution in [0.4, 0.5) is 11.4 Å². The molecule has 0 aliphatic heterocycles. The van der Waals surface area contributed by atoms with Gasteiger partial charge in [0.25, 0.3) is 0 Å². The molecule has 0 bridgehead atoms. The lowest BCUT2D eigenvalue weighted by Gasteiger charge is -2.17. The molecular formula is C13H17BrN2. The third-order valence-corrected chi connectivity index (χ3v) is 4.48. The molecule has 1 aromatic carbocycles. The second-order valence-corrected chi connectivity index (χ2v) is 6.14. The zero-order valence-electron chi connectivity index (χ0n) is 9.30. The predicted octanol–water partition coefficient (Wildman–Crippen LogP) is 3.63. The van der Waals surface area contributed by atoms with Crippen LogP contribution in [0.1, 0.15) is 25.7 Å². The first-order valence-electron chi connectivity index (χ1n) is 5.99. The summed E-state index contributed by atoms with van der Waals surface area (Å²) in [5.41, 5.74) is 8.48. The molecule has 0 unspecified atom stereocenters. The Bertz CT molecular complexity index is 408. The number of rotatable bonds is 4. The number of nitrogens with one attached hydrogen (secondary N) is 1. The van der Waals surface area contributed by atoms with Crippen molar-refractivity contribution in [1.29, 1.82) is 0 Å². The molecule has 0 atom stereocenters. The number of hydrogen-bond acceptors (Lipinski definition) is 2. The molecule has 86 valence electrons. The molecule has 0 heterocycles. The van der Waals surface area contributed by atoms with E-state index in [0.29, 0.717) is 5.41 Å². The van der Waals surface area contributed by atoms with Crippen molar-refractivity contribution < 1.29 is 0 Å². The maximum absolute atomic E-state index is 5.95. The number of nitrogen functional groups attached to an aromatic ring is 1. The molecule has 3 heteroatoms. The van der Waals surface area contributed by atoms with Gasteiger partial charge >= 0.3 is 0 Å². The Morgan fingerprint density at radius 3 is 2.75 bits per heavy atom. The average Bonchev–Trinajstić information content (AvgIpc) is 3.13. The largest absolute Gasteiger partial charge is 0.397 e. The van der Waals surface area contributed by atoms with Crippen molar-refractivity contribution in [2.24, 2.45) is 11.3 Å². The van der Waals surface area contributed by atoms with Gasteiger partial charge in [0, 0.05) is 11.0 Å². The van der Waals surface area contributed by atoms with Crippen molar-refractivity contribution >= 4 is 27.3 Å². The first-order chi connectivity index (χ1) is 7.70. The monoisotopic (exact) mass is 280 g/mol. The SMILES string of the molecule is Nc1ccc(Br)cc1NCC1(C2CC2)CC1. The molecule has 2 nitrogen and oxygen atoms in total. The summed E-state index contributed by atoms with van der Waals surface area (Å²) in [4.78, 5) is 0. The van der Waals surface area contributed by atoms with E-state index in [9.17, 15) is 0 Å². The lowest BCUT2D eigenvalue weighted by Crippen LogP contribution is -2.17. The van der Waals surface area contributed by atoms with E-state index < -0.39 is 0 Å². The Balaban J connectivity index is 1.67. The van der Waals surface area contributed by atoms with Gasteiger partial charge in [0.15, 0.2) is 0 Å². The van der Waals surface area contributed by atoms with Crippen LogP contribution in [0.5, 0.6) is 0 Å². The molecule has 2 aliphatic carbocycles. The van der Waals surface area contributed by atoms with Crippen molar-refractivity contribution in [2.75, 3.05) is 17.6 Å². The number of anilines is 2. The summed E-state index contributed by atoms with van der Waals surface area (Å²) in [6.07, 6.45) is 5.68. The normalized spacial score (nSPS) is 21.8. The lowest BCUT2D eigenvalue weighted by molar-refractivity contribution is 0.467. The summed E-state index contributed by atoms with van der Waals surface area (Å²) in [5.74, 6) is 0.994. The summed E-state index contributed by atoms with van der Waals surface area (Å²) in [6, 6.07) is 6.00. The highest BCUT2D eigenvalue weighted by atomic mass is 79.9. The van der Waals surface area contributed by atoms with Crippen LogP contribution in [0.3, 0.4) is 0 Å². The second-order valence-electron chi connectivity index (χ2n) is 5.22. The molecule has 0 aromatic heterocycles. The van der Waals surface area contributed by atoms with Gasteiger partial charge < -0.3 is 11.1 Å². The molecule has 0 radical (unpaired) electrons. The van der Waals surface area contributed by atoms with E-state index in [1.54, 1.807) is 0 Å². The maximum atomic E-state index is 5.95. The minimum atomic E-state index is 0.620. The minimum absolute atomic E-state index is 0.620. The maximum Gasteiger partial charge on any atom is 0.0585 e. The fourth-order valence-electron chi connectivity index (χ4n) is 2.54. The van der Waals surface area contributed by atoms with Crippen LogP contribution in [0.2, 0.25) is 0 Å². The molecule has 1 aromatic rings. The Morgan fingerprint density at radius 2 is 2.12 bits per heavy atom. The van der Waals surface area contributed by atoms with Crippen molar-refractivity contribution in [1.82, 2.24) is 0 Å². The second kappa shape index (κ2) is 3.66. The van der Waals surface area contributed by atoms with Crippen molar-refractivity contribution in [3.05, 3.63) is 22.7 Å². The van der Waals surface area contributed by atoms with Crippen molar-refractivity contribution in [3.63, 3.8) is 0 Å². The van der Waals surface area contributed by atoms with Gasteiger partial charge in [-0.15, -0.1) is 0 Å². The quantitative estimate of drug-likeness (QED) is 0.827. The van der Waals surface area contributed by atoms with Crippen LogP contribution in [-0.2, 0) is 0 Å². The molecule has 16 heavy (non-hydrogen) atoms. The van der Waals surface area contributed by atoms with Gasteiger partial charge in [-0.3, -0.25) is 0 Å². The Morgan fingerprint density at radius 1 is 1.38 bits per heavy atom. The summed E-state index contributed by atoms with van der Waals surface area (Å²) in [5, 5.41) is 3.52. The molecule has 3 N–H and O–H groups in total. The molecule has 0 spiro atoms. The third-order valence-electron chi connectivity index (χ3n) is 3.98. The minimum Gasteiger partial charge on any atom is -0.397 e. The summed E-state index contributed by atoms with van der Waals surface area (Å²) < 4.78 is 1.08. The van der Waals surface area contributed by atoms with Crippen LogP contribution >= 0.6 is 15.9 Å². The highest BCUT2D eigenvalue weighted by Crippen LogP contribution is 2.61. The van der Waals surface area contributed by atoms with E-state index in [1.807, 2.05) is 12.1 Å². The number of hydrogen-bond donors (Lipinski definition) is 2. The van der Waals surface area contributed by atoms with Gasteiger partial charge in [-0.05, 0) is 55.2 Å². The topological polar surface area (TPSA) is 38.0 Å². The van der Waals surface area contributed by atoms with Gasteiger partial charge in [-0.2, -0.15) is 0 Å². The van der Waals surface area contributed by atoms with Gasteiger partial charge in [0.05, 0.1) is 11.4 Å². The van der Waals surface area contributed by atoms with E-state index in [-0.39, 0.29) is 0 Å². The van der Waals surface area contributed by atoms with E-state index in [2.05, 4.69) is 27.3 Å². The summed E-state index contributed by atoms with van der Waals surface area (Å²) in [6.45, 7) is 1.10. The lowest BCUT2D eigenvalue weighted by atomic mass is 10.0. The molecule has 2 aliphatic rings. The van der Waals surface area contributed by atoms with Crippen LogP contribution in [0, 0.1) is 11.3 Å². The van der Waals surface area contributed by atoms with Gasteiger partial charge in [0.2, 0.25) is 0 Å². The highest BCUT2D eigenvalue weighted by molar-refractivity contribution is 9.10. The zero-order chi connectivity index (χ0) is 11.2. The van der Waals surface area contributed by atoms with Crippen LogP contribution in [0.25, 0.3) is 0 Å². The average molecular weight is 281 g/mol. The Kier molecular flexibility index (Phi) is 2.39. The van der Waals surface area contributed by atoms with Crippen LogP contribution in [0.15, 0.2) is 22.7 Å². The van der Waals surface area contributed by atoms with Crippen LogP contribution in [-0.4, -0.2) is 6.54 Å². The smallest absolute Gasteiger partial charge is 0.0585 e. The fourth-order valence-corrected chi connectivity index (χ4v) is 2.90. The Hall–Kier alpha value is -0.700. The molecule has 3 rings (SSSR count). The standard InChI is InChI=1S/C13H17BrN2/c14-10-3-4-11(15)12(7-10)16-8-13(5-6-13)9-1-2-9/h3-4,7,9,16H,1-2,5-6,8,15H2. The first-order valence-corrected chi connectivity index (χ1v) is 6.78. The number of nitrogens with two attached hydrogens (primary N) is 1. The van der Waals surface area contributed by atoms with E-state index in [4.69, 9.17) is 5.73 Å². The fraction of sp³-hybridized carbons (Fsp3) is 0.538. The molecular weight excluding hydrogens is 264 g/mol. The van der Waals surface area contributed by atoms with E-state index in [0.717, 1.165) is 28.3 Å². The number of benzene rings is 1. The summed E-state index contributed by atoms with van der Waals surface area (Å²) >= 11 is 3.48. The molecule has 2 fully saturated rings. The number of halogens is 1. The first kappa shape index (κ1) is 10.5. The van der Waals surface area contributed by atoms with Crippen LogP contribution < -0.4 is 11.1 Å². The van der Waals surface area contributed by atoms with Gasteiger partial charge in [0.1, 0.15) is 0 Å². The molecule has 0 saturated heterocycles. The molecule has 0 amide bonds. The van der Waals surface area contributed by atoms with Crippen molar-refractivity contribution in [3.8, 4) is 0 Å². The highest BCUT2D eigenvalue weighted by Gasteiger charge is 2.53. The van der Waals surface area contributed by atoms with Crippen molar-refractivity contribution in [2.45, 2.75) is 25.7 Å². The third kappa shape index (κ3) is 1.93. The zero-order valence-corrected chi connectivity index (χ0v) is 10.9.